The second-order valence-electron chi connectivity index (χ2n) is 5.89. The zero-order valence-electron chi connectivity index (χ0n) is 13.6. The second kappa shape index (κ2) is 6.84. The number of nitrogens with one attached hydrogen (secondary N) is 1. The van der Waals surface area contributed by atoms with Gasteiger partial charge in [0, 0.05) is 25.5 Å². The van der Waals surface area contributed by atoms with Crippen LogP contribution in [0.1, 0.15) is 24.2 Å². The molecule has 7 nitrogen and oxygen atoms in total. The Morgan fingerprint density at radius 3 is 2.62 bits per heavy atom. The van der Waals surface area contributed by atoms with E-state index in [1.165, 1.54) is 18.5 Å². The van der Waals surface area contributed by atoms with E-state index in [0.717, 1.165) is 18.9 Å². The fourth-order valence-electron chi connectivity index (χ4n) is 2.75. The minimum absolute atomic E-state index is 0.0771. The fourth-order valence-corrected chi connectivity index (χ4v) is 2.75. The minimum Gasteiger partial charge on any atom is -0.504 e. The molecule has 0 aromatic carbocycles. The maximum Gasteiger partial charge on any atom is 0.258 e. The molecule has 24 heavy (non-hydrogen) atoms. The Kier molecular flexibility index (Phi) is 4.61. The van der Waals surface area contributed by atoms with Gasteiger partial charge in [0.15, 0.2) is 11.6 Å². The monoisotopic (exact) mass is 328 g/mol. The van der Waals surface area contributed by atoms with Crippen molar-refractivity contribution in [1.29, 1.82) is 0 Å². The molecule has 3 rings (SSSR count). The molecule has 0 spiro atoms. The lowest BCUT2D eigenvalue weighted by molar-refractivity contribution is -0.00546. The zero-order valence-corrected chi connectivity index (χ0v) is 13.6. The second-order valence-corrected chi connectivity index (χ2v) is 5.89. The predicted molar refractivity (Wildman–Crippen MR) is 90.3 cm³/mol. The van der Waals surface area contributed by atoms with E-state index < -0.39 is 0 Å². The Morgan fingerprint density at radius 1 is 1.25 bits per heavy atom. The fraction of sp³-hybridized carbons (Fsp3) is 0.353. The summed E-state index contributed by atoms with van der Waals surface area (Å²) in [6, 6.07) is 6.58. The Balaban J connectivity index is 1.70. The van der Waals surface area contributed by atoms with Crippen molar-refractivity contribution in [3.05, 3.63) is 42.2 Å². The molecule has 1 amide bonds. The van der Waals surface area contributed by atoms with Crippen LogP contribution < -0.4 is 10.2 Å². The van der Waals surface area contributed by atoms with Gasteiger partial charge >= 0.3 is 0 Å². The number of hydrogen-bond acceptors (Lipinski definition) is 6. The number of hydrogen-bond donors (Lipinski definition) is 2. The summed E-state index contributed by atoms with van der Waals surface area (Å²) in [5.41, 5.74) is 0.401. The van der Waals surface area contributed by atoms with Gasteiger partial charge in [-0.05, 0) is 38.1 Å². The Labute approximate surface area is 140 Å². The largest absolute Gasteiger partial charge is 0.504 e. The number of pyridine rings is 2. The van der Waals surface area contributed by atoms with Crippen molar-refractivity contribution >= 4 is 17.5 Å². The number of aromatic hydroxyl groups is 1. The van der Waals surface area contributed by atoms with Gasteiger partial charge < -0.3 is 20.1 Å². The molecule has 2 atom stereocenters. The summed E-state index contributed by atoms with van der Waals surface area (Å²) in [6.45, 7) is 5.60. The van der Waals surface area contributed by atoms with Crippen LogP contribution in [0.4, 0.5) is 11.6 Å². The van der Waals surface area contributed by atoms with Crippen LogP contribution in [0.25, 0.3) is 0 Å². The van der Waals surface area contributed by atoms with E-state index in [1.54, 1.807) is 12.1 Å². The van der Waals surface area contributed by atoms with Gasteiger partial charge in [-0.25, -0.2) is 9.97 Å². The van der Waals surface area contributed by atoms with E-state index >= 15 is 0 Å². The van der Waals surface area contributed by atoms with Crippen LogP contribution in [-0.2, 0) is 4.74 Å². The van der Waals surface area contributed by atoms with Crippen molar-refractivity contribution in [2.75, 3.05) is 23.3 Å². The molecular formula is C17H20N4O3. The number of rotatable bonds is 3. The smallest absolute Gasteiger partial charge is 0.258 e. The van der Waals surface area contributed by atoms with Gasteiger partial charge in [0.25, 0.3) is 5.91 Å². The van der Waals surface area contributed by atoms with Crippen molar-refractivity contribution < 1.29 is 14.6 Å². The zero-order chi connectivity index (χ0) is 17.1. The van der Waals surface area contributed by atoms with Gasteiger partial charge in [-0.2, -0.15) is 0 Å². The number of carbonyl (C=O) groups excluding carboxylic acids is 1. The van der Waals surface area contributed by atoms with Crippen LogP contribution in [0.5, 0.6) is 5.75 Å². The molecule has 126 valence electrons. The first-order valence-corrected chi connectivity index (χ1v) is 7.84. The SMILES string of the molecule is CC1CN(c2ccc(C(=O)Nc3ncccc3O)cn2)CC(C)O1. The molecule has 2 aromatic rings. The molecule has 0 bridgehead atoms. The molecule has 1 aliphatic heterocycles. The average molecular weight is 328 g/mol. The molecule has 2 aromatic heterocycles. The van der Waals surface area contributed by atoms with Gasteiger partial charge in [-0.15, -0.1) is 0 Å². The summed E-state index contributed by atoms with van der Waals surface area (Å²) in [5, 5.41) is 12.2. The van der Waals surface area contributed by atoms with E-state index in [1.807, 2.05) is 19.9 Å². The van der Waals surface area contributed by atoms with Gasteiger partial charge in [0.1, 0.15) is 5.82 Å². The predicted octanol–water partition coefficient (Wildman–Crippen LogP) is 2.05. The van der Waals surface area contributed by atoms with Crippen LogP contribution in [0, 0.1) is 0 Å². The molecule has 1 fully saturated rings. The topological polar surface area (TPSA) is 87.6 Å². The number of morpholine rings is 1. The Hall–Kier alpha value is -2.67. The quantitative estimate of drug-likeness (QED) is 0.896. The Morgan fingerprint density at radius 2 is 2.00 bits per heavy atom. The minimum atomic E-state index is -0.369. The van der Waals surface area contributed by atoms with E-state index in [4.69, 9.17) is 4.74 Å². The lowest BCUT2D eigenvalue weighted by Gasteiger charge is -2.36. The number of carbonyl (C=O) groups is 1. The number of aromatic nitrogens is 2. The lowest BCUT2D eigenvalue weighted by Crippen LogP contribution is -2.45. The van der Waals surface area contributed by atoms with Crippen LogP contribution in [-0.4, -0.2) is 46.3 Å². The lowest BCUT2D eigenvalue weighted by atomic mass is 10.2. The van der Waals surface area contributed by atoms with Crippen molar-refractivity contribution in [3.63, 3.8) is 0 Å². The molecule has 3 heterocycles. The number of amides is 1. The third-order valence-electron chi connectivity index (χ3n) is 3.77. The molecule has 1 saturated heterocycles. The third-order valence-corrected chi connectivity index (χ3v) is 3.77. The van der Waals surface area contributed by atoms with E-state index in [-0.39, 0.29) is 29.7 Å². The maximum atomic E-state index is 12.2. The average Bonchev–Trinajstić information content (AvgIpc) is 2.56. The van der Waals surface area contributed by atoms with E-state index in [0.29, 0.717) is 5.56 Å². The molecule has 0 aliphatic carbocycles. The first-order chi connectivity index (χ1) is 11.5. The summed E-state index contributed by atoms with van der Waals surface area (Å²) in [4.78, 5) is 22.7. The first-order valence-electron chi connectivity index (χ1n) is 7.84. The van der Waals surface area contributed by atoms with Crippen molar-refractivity contribution in [3.8, 4) is 5.75 Å². The number of ether oxygens (including phenoxy) is 1. The van der Waals surface area contributed by atoms with Crippen LogP contribution in [0.3, 0.4) is 0 Å². The van der Waals surface area contributed by atoms with E-state index in [9.17, 15) is 9.90 Å². The molecule has 2 unspecified atom stereocenters. The van der Waals surface area contributed by atoms with Crippen LogP contribution >= 0.6 is 0 Å². The highest BCUT2D eigenvalue weighted by molar-refractivity contribution is 6.04. The molecule has 2 N–H and O–H groups in total. The summed E-state index contributed by atoms with van der Waals surface area (Å²) < 4.78 is 5.71. The van der Waals surface area contributed by atoms with Gasteiger partial charge in [-0.1, -0.05) is 0 Å². The summed E-state index contributed by atoms with van der Waals surface area (Å²) >= 11 is 0. The maximum absolute atomic E-state index is 12.2. The van der Waals surface area contributed by atoms with Gasteiger partial charge in [0.05, 0.1) is 17.8 Å². The molecule has 7 heteroatoms. The third kappa shape index (κ3) is 3.62. The van der Waals surface area contributed by atoms with Crippen molar-refractivity contribution in [2.45, 2.75) is 26.1 Å². The molecular weight excluding hydrogens is 308 g/mol. The standard InChI is InChI=1S/C17H20N4O3/c1-11-9-21(10-12(2)24-11)15-6-5-13(8-19-15)17(23)20-16-14(22)4-3-7-18-16/h3-8,11-12,22H,9-10H2,1-2H3,(H,18,20,23). The molecule has 1 aliphatic rings. The summed E-state index contributed by atoms with van der Waals surface area (Å²) in [5.74, 6) is 0.495. The Bertz CT molecular complexity index is 710. The summed E-state index contributed by atoms with van der Waals surface area (Å²) in [7, 11) is 0. The normalized spacial score (nSPS) is 20.7. The summed E-state index contributed by atoms with van der Waals surface area (Å²) in [6.07, 6.45) is 3.31. The highest BCUT2D eigenvalue weighted by atomic mass is 16.5. The van der Waals surface area contributed by atoms with Gasteiger partial charge in [-0.3, -0.25) is 4.79 Å². The molecule has 0 radical (unpaired) electrons. The van der Waals surface area contributed by atoms with Crippen molar-refractivity contribution in [2.24, 2.45) is 0 Å². The molecule has 0 saturated carbocycles. The first kappa shape index (κ1) is 16.2. The van der Waals surface area contributed by atoms with E-state index in [2.05, 4.69) is 20.2 Å². The number of anilines is 2. The van der Waals surface area contributed by atoms with Crippen LogP contribution in [0.2, 0.25) is 0 Å². The highest BCUT2D eigenvalue weighted by Gasteiger charge is 2.23. The number of nitrogens with zero attached hydrogens (tertiary/aromatic N) is 3. The van der Waals surface area contributed by atoms with Gasteiger partial charge in [0.2, 0.25) is 0 Å². The van der Waals surface area contributed by atoms with Crippen molar-refractivity contribution in [1.82, 2.24) is 9.97 Å². The van der Waals surface area contributed by atoms with Crippen LogP contribution in [0.15, 0.2) is 36.7 Å². The highest BCUT2D eigenvalue weighted by Crippen LogP contribution is 2.21.